The molecule has 0 saturated carbocycles. The van der Waals surface area contributed by atoms with Gasteiger partial charge in [0.15, 0.2) is 0 Å². The molecule has 0 bridgehead atoms. The molecule has 0 aromatic heterocycles. The lowest BCUT2D eigenvalue weighted by atomic mass is 10.0. The SMILES string of the molecule is Cc1c(F)cc(CO)cc1S(=O)(=O)N1CCCC(C)C1. The Kier molecular flexibility index (Phi) is 4.46. The van der Waals surface area contributed by atoms with Gasteiger partial charge >= 0.3 is 0 Å². The Hall–Kier alpha value is -0.980. The number of aliphatic hydroxyl groups is 1. The first-order valence-corrected chi connectivity index (χ1v) is 8.20. The molecule has 1 saturated heterocycles. The fraction of sp³-hybridized carbons (Fsp3) is 0.571. The van der Waals surface area contributed by atoms with E-state index in [1.165, 1.54) is 23.4 Å². The van der Waals surface area contributed by atoms with Crippen LogP contribution < -0.4 is 0 Å². The summed E-state index contributed by atoms with van der Waals surface area (Å²) in [6.45, 7) is 4.02. The van der Waals surface area contributed by atoms with Crippen molar-refractivity contribution in [1.29, 1.82) is 0 Å². The van der Waals surface area contributed by atoms with Gasteiger partial charge in [-0.3, -0.25) is 0 Å². The van der Waals surface area contributed by atoms with E-state index in [0.717, 1.165) is 12.8 Å². The molecule has 1 aromatic carbocycles. The fourth-order valence-electron chi connectivity index (χ4n) is 2.57. The standard InChI is InChI=1S/C14H20FNO3S/c1-10-4-3-5-16(8-10)20(18,19)14-7-12(9-17)6-13(15)11(14)2/h6-7,10,17H,3-5,8-9H2,1-2H3. The second kappa shape index (κ2) is 5.79. The summed E-state index contributed by atoms with van der Waals surface area (Å²) in [5.74, 6) is -0.287. The van der Waals surface area contributed by atoms with Gasteiger partial charge in [-0.15, -0.1) is 0 Å². The van der Waals surface area contributed by atoms with Gasteiger partial charge in [0, 0.05) is 18.7 Å². The predicted octanol–water partition coefficient (Wildman–Crippen LogP) is 2.05. The summed E-state index contributed by atoms with van der Waals surface area (Å²) in [6, 6.07) is 2.54. The quantitative estimate of drug-likeness (QED) is 0.929. The van der Waals surface area contributed by atoms with Crippen LogP contribution >= 0.6 is 0 Å². The van der Waals surface area contributed by atoms with E-state index in [4.69, 9.17) is 5.11 Å². The van der Waals surface area contributed by atoms with E-state index < -0.39 is 15.8 Å². The maximum absolute atomic E-state index is 13.8. The zero-order valence-corrected chi connectivity index (χ0v) is 12.6. The number of nitrogens with zero attached hydrogens (tertiary/aromatic N) is 1. The highest BCUT2D eigenvalue weighted by Crippen LogP contribution is 2.27. The van der Waals surface area contributed by atoms with Crippen LogP contribution in [-0.2, 0) is 16.6 Å². The van der Waals surface area contributed by atoms with Gasteiger partial charge in [0.1, 0.15) is 5.82 Å². The first-order valence-electron chi connectivity index (χ1n) is 6.76. The molecule has 1 atom stereocenters. The maximum atomic E-state index is 13.8. The van der Waals surface area contributed by atoms with Crippen molar-refractivity contribution in [2.75, 3.05) is 13.1 Å². The number of hydrogen-bond acceptors (Lipinski definition) is 3. The van der Waals surface area contributed by atoms with Crippen molar-refractivity contribution in [1.82, 2.24) is 4.31 Å². The molecule has 0 spiro atoms. The van der Waals surface area contributed by atoms with E-state index in [1.807, 2.05) is 6.92 Å². The van der Waals surface area contributed by atoms with Crippen LogP contribution in [0.3, 0.4) is 0 Å². The first-order chi connectivity index (χ1) is 9.36. The molecule has 1 unspecified atom stereocenters. The van der Waals surface area contributed by atoms with E-state index in [0.29, 0.717) is 19.0 Å². The van der Waals surface area contributed by atoms with Crippen LogP contribution in [-0.4, -0.2) is 30.9 Å². The molecular formula is C14H20FNO3S. The van der Waals surface area contributed by atoms with Gasteiger partial charge < -0.3 is 5.11 Å². The van der Waals surface area contributed by atoms with Gasteiger partial charge in [0.05, 0.1) is 11.5 Å². The van der Waals surface area contributed by atoms with Gasteiger partial charge in [-0.2, -0.15) is 4.31 Å². The van der Waals surface area contributed by atoms with Crippen LogP contribution in [0, 0.1) is 18.7 Å². The lowest BCUT2D eigenvalue weighted by molar-refractivity contribution is 0.278. The summed E-state index contributed by atoms with van der Waals surface area (Å²) < 4.78 is 40.5. The summed E-state index contributed by atoms with van der Waals surface area (Å²) in [7, 11) is -3.70. The van der Waals surface area contributed by atoms with Crippen LogP contribution in [0.1, 0.15) is 30.9 Å². The molecule has 1 aromatic rings. The summed E-state index contributed by atoms with van der Waals surface area (Å²) >= 11 is 0. The van der Waals surface area contributed by atoms with Crippen molar-refractivity contribution in [3.63, 3.8) is 0 Å². The highest BCUT2D eigenvalue weighted by Gasteiger charge is 2.30. The number of rotatable bonds is 3. The van der Waals surface area contributed by atoms with Crippen molar-refractivity contribution in [3.05, 3.63) is 29.1 Å². The molecule has 0 radical (unpaired) electrons. The van der Waals surface area contributed by atoms with E-state index in [1.54, 1.807) is 0 Å². The second-order valence-corrected chi connectivity index (χ2v) is 7.38. The highest BCUT2D eigenvalue weighted by molar-refractivity contribution is 7.89. The van der Waals surface area contributed by atoms with Crippen molar-refractivity contribution in [3.8, 4) is 0 Å². The monoisotopic (exact) mass is 301 g/mol. The number of benzene rings is 1. The smallest absolute Gasteiger partial charge is 0.243 e. The minimum atomic E-state index is -3.70. The molecule has 112 valence electrons. The van der Waals surface area contributed by atoms with Crippen molar-refractivity contribution < 1.29 is 17.9 Å². The number of aliphatic hydroxyl groups excluding tert-OH is 1. The Morgan fingerprint density at radius 2 is 2.15 bits per heavy atom. The summed E-state index contributed by atoms with van der Waals surface area (Å²) in [6.07, 6.45) is 1.83. The third kappa shape index (κ3) is 2.87. The highest BCUT2D eigenvalue weighted by atomic mass is 32.2. The molecule has 1 aliphatic rings. The molecule has 4 nitrogen and oxygen atoms in total. The van der Waals surface area contributed by atoms with Crippen molar-refractivity contribution in [2.24, 2.45) is 5.92 Å². The molecule has 1 heterocycles. The third-order valence-electron chi connectivity index (χ3n) is 3.78. The van der Waals surface area contributed by atoms with Crippen LogP contribution in [0.25, 0.3) is 0 Å². The van der Waals surface area contributed by atoms with Gasteiger partial charge in [-0.1, -0.05) is 6.92 Å². The molecule has 2 rings (SSSR count). The lowest BCUT2D eigenvalue weighted by Crippen LogP contribution is -2.39. The van der Waals surface area contributed by atoms with Crippen LogP contribution in [0.4, 0.5) is 4.39 Å². The third-order valence-corrected chi connectivity index (χ3v) is 5.77. The summed E-state index contributed by atoms with van der Waals surface area (Å²) in [4.78, 5) is -0.0318. The van der Waals surface area contributed by atoms with Crippen molar-refractivity contribution in [2.45, 2.75) is 38.2 Å². The molecule has 1 N–H and O–H groups in total. The number of halogens is 1. The molecular weight excluding hydrogens is 281 g/mol. The second-order valence-electron chi connectivity index (χ2n) is 5.47. The molecule has 20 heavy (non-hydrogen) atoms. The minimum absolute atomic E-state index is 0.0318. The Labute approximate surface area is 119 Å². The lowest BCUT2D eigenvalue weighted by Gasteiger charge is -2.30. The Morgan fingerprint density at radius 3 is 2.75 bits per heavy atom. The van der Waals surface area contributed by atoms with E-state index in [-0.39, 0.29) is 22.6 Å². The zero-order valence-electron chi connectivity index (χ0n) is 11.8. The topological polar surface area (TPSA) is 57.6 Å². The van der Waals surface area contributed by atoms with Crippen LogP contribution in [0.15, 0.2) is 17.0 Å². The van der Waals surface area contributed by atoms with E-state index in [2.05, 4.69) is 0 Å². The average Bonchev–Trinajstić information content (AvgIpc) is 2.41. The predicted molar refractivity (Wildman–Crippen MR) is 74.2 cm³/mol. The van der Waals surface area contributed by atoms with Crippen molar-refractivity contribution >= 4 is 10.0 Å². The largest absolute Gasteiger partial charge is 0.392 e. The molecule has 0 aliphatic carbocycles. The molecule has 6 heteroatoms. The van der Waals surface area contributed by atoms with Crippen LogP contribution in [0.5, 0.6) is 0 Å². The summed E-state index contributed by atoms with van der Waals surface area (Å²) in [5, 5.41) is 9.12. The van der Waals surface area contributed by atoms with Gasteiger partial charge in [-0.25, -0.2) is 12.8 Å². The first kappa shape index (κ1) is 15.4. The number of sulfonamides is 1. The minimum Gasteiger partial charge on any atom is -0.392 e. The van der Waals surface area contributed by atoms with E-state index >= 15 is 0 Å². The van der Waals surface area contributed by atoms with Gasteiger partial charge in [0.25, 0.3) is 0 Å². The molecule has 0 amide bonds. The fourth-order valence-corrected chi connectivity index (χ4v) is 4.45. The Bertz CT molecular complexity index is 601. The molecule has 1 aliphatic heterocycles. The number of piperidine rings is 1. The Balaban J connectivity index is 2.46. The summed E-state index contributed by atoms with van der Waals surface area (Å²) in [5.41, 5.74) is 0.386. The van der Waals surface area contributed by atoms with Gasteiger partial charge in [0.2, 0.25) is 10.0 Å². The normalized spacial score (nSPS) is 21.1. The number of hydrogen-bond donors (Lipinski definition) is 1. The average molecular weight is 301 g/mol. The van der Waals surface area contributed by atoms with E-state index in [9.17, 15) is 12.8 Å². The molecule has 1 fully saturated rings. The Morgan fingerprint density at radius 1 is 1.45 bits per heavy atom. The zero-order chi connectivity index (χ0) is 14.9. The van der Waals surface area contributed by atoms with Gasteiger partial charge in [-0.05, 0) is 43.4 Å². The maximum Gasteiger partial charge on any atom is 0.243 e. The van der Waals surface area contributed by atoms with Crippen LogP contribution in [0.2, 0.25) is 0 Å².